The van der Waals surface area contributed by atoms with Crippen molar-refractivity contribution in [2.24, 2.45) is 0 Å². The van der Waals surface area contributed by atoms with Crippen LogP contribution < -0.4 is 10.5 Å². The Morgan fingerprint density at radius 2 is 1.88 bits per heavy atom. The van der Waals surface area contributed by atoms with Crippen molar-refractivity contribution >= 4 is 22.2 Å². The van der Waals surface area contributed by atoms with Gasteiger partial charge in [0.1, 0.15) is 17.4 Å². The predicted octanol–water partition coefficient (Wildman–Crippen LogP) is 3.24. The number of aromatic nitrogens is 2. The number of aliphatic hydroxyl groups excluding tert-OH is 1. The standard InChI is InChI=1S/C20H18N4O2/c1-2-24(14-8-4-3-5-9-14)13-18(25)16(12-21)19-22-17-11-7-6-10-15(17)20(26)23-19/h3-11,25H,2,13H2,1H3,(H,22,23,26). The molecule has 6 nitrogen and oxygen atoms in total. The lowest BCUT2D eigenvalue weighted by molar-refractivity contribution is 0.402. The van der Waals surface area contributed by atoms with E-state index in [4.69, 9.17) is 0 Å². The molecule has 0 bridgehead atoms. The number of nitrogens with one attached hydrogen (secondary N) is 1. The third-order valence-corrected chi connectivity index (χ3v) is 4.09. The van der Waals surface area contributed by atoms with Gasteiger partial charge in [-0.25, -0.2) is 4.98 Å². The van der Waals surface area contributed by atoms with Gasteiger partial charge in [0, 0.05) is 12.2 Å². The highest BCUT2D eigenvalue weighted by atomic mass is 16.3. The number of nitriles is 1. The summed E-state index contributed by atoms with van der Waals surface area (Å²) in [4.78, 5) is 21.1. The molecule has 3 aromatic rings. The van der Waals surface area contributed by atoms with Gasteiger partial charge in [0.2, 0.25) is 0 Å². The molecule has 1 aromatic heterocycles. The number of likely N-dealkylation sites (N-methyl/N-ethyl adjacent to an activating group) is 1. The number of para-hydroxylation sites is 2. The van der Waals surface area contributed by atoms with Crippen LogP contribution >= 0.6 is 0 Å². The van der Waals surface area contributed by atoms with Crippen LogP contribution in [0.4, 0.5) is 5.69 Å². The Morgan fingerprint density at radius 1 is 1.19 bits per heavy atom. The lowest BCUT2D eigenvalue weighted by Gasteiger charge is -2.23. The van der Waals surface area contributed by atoms with E-state index in [1.165, 1.54) is 0 Å². The number of allylic oxidation sites excluding steroid dienone is 1. The van der Waals surface area contributed by atoms with Crippen LogP contribution in [0.3, 0.4) is 0 Å². The SMILES string of the molecule is CCN(CC(O)=C(C#N)c1nc2ccccc2c(=O)[nH]1)c1ccccc1. The van der Waals surface area contributed by atoms with Crippen LogP contribution in [-0.2, 0) is 0 Å². The molecule has 3 rings (SSSR count). The molecule has 0 fully saturated rings. The molecular formula is C20H18N4O2. The van der Waals surface area contributed by atoms with Crippen LogP contribution in [0.25, 0.3) is 16.5 Å². The minimum Gasteiger partial charge on any atom is -0.509 e. The number of hydrogen-bond donors (Lipinski definition) is 2. The van der Waals surface area contributed by atoms with Crippen LogP contribution in [0.15, 0.2) is 65.2 Å². The number of aromatic amines is 1. The minimum absolute atomic E-state index is 0.0396. The molecule has 0 atom stereocenters. The van der Waals surface area contributed by atoms with Crippen molar-refractivity contribution < 1.29 is 5.11 Å². The summed E-state index contributed by atoms with van der Waals surface area (Å²) in [6, 6.07) is 18.4. The van der Waals surface area contributed by atoms with E-state index in [-0.39, 0.29) is 29.3 Å². The van der Waals surface area contributed by atoms with Crippen molar-refractivity contribution in [2.75, 3.05) is 18.0 Å². The van der Waals surface area contributed by atoms with Gasteiger partial charge in [-0.2, -0.15) is 5.26 Å². The Balaban J connectivity index is 2.01. The fourth-order valence-electron chi connectivity index (χ4n) is 2.74. The number of hydrogen-bond acceptors (Lipinski definition) is 5. The van der Waals surface area contributed by atoms with Crippen LogP contribution in [-0.4, -0.2) is 28.2 Å². The molecule has 0 aliphatic heterocycles. The molecule has 0 unspecified atom stereocenters. The van der Waals surface area contributed by atoms with Gasteiger partial charge in [0.25, 0.3) is 5.56 Å². The average molecular weight is 346 g/mol. The van der Waals surface area contributed by atoms with Crippen molar-refractivity contribution in [1.82, 2.24) is 9.97 Å². The quantitative estimate of drug-likeness (QED) is 0.546. The fraction of sp³-hybridized carbons (Fsp3) is 0.150. The smallest absolute Gasteiger partial charge is 0.259 e. The van der Waals surface area contributed by atoms with Crippen molar-refractivity contribution in [2.45, 2.75) is 6.92 Å². The number of H-pyrrole nitrogens is 1. The van der Waals surface area contributed by atoms with Gasteiger partial charge >= 0.3 is 0 Å². The summed E-state index contributed by atoms with van der Waals surface area (Å²) < 4.78 is 0. The zero-order chi connectivity index (χ0) is 18.5. The lowest BCUT2D eigenvalue weighted by atomic mass is 10.2. The fourth-order valence-corrected chi connectivity index (χ4v) is 2.74. The molecular weight excluding hydrogens is 328 g/mol. The average Bonchev–Trinajstić information content (AvgIpc) is 2.67. The van der Waals surface area contributed by atoms with Crippen LogP contribution in [0.1, 0.15) is 12.7 Å². The van der Waals surface area contributed by atoms with Gasteiger partial charge < -0.3 is 15.0 Å². The second-order valence-corrected chi connectivity index (χ2v) is 5.71. The summed E-state index contributed by atoms with van der Waals surface area (Å²) in [6.45, 7) is 2.75. The third-order valence-electron chi connectivity index (χ3n) is 4.09. The van der Waals surface area contributed by atoms with Gasteiger partial charge in [0.05, 0.1) is 17.4 Å². The minimum atomic E-state index is -0.346. The van der Waals surface area contributed by atoms with Crippen molar-refractivity contribution in [3.05, 3.63) is 76.5 Å². The number of aliphatic hydroxyl groups is 1. The molecule has 26 heavy (non-hydrogen) atoms. The number of benzene rings is 2. The first-order valence-corrected chi connectivity index (χ1v) is 8.25. The van der Waals surface area contributed by atoms with E-state index >= 15 is 0 Å². The maximum absolute atomic E-state index is 12.2. The van der Waals surface area contributed by atoms with Crippen molar-refractivity contribution in [3.63, 3.8) is 0 Å². The molecule has 1 heterocycles. The van der Waals surface area contributed by atoms with E-state index in [1.54, 1.807) is 24.3 Å². The molecule has 2 aromatic carbocycles. The zero-order valence-corrected chi connectivity index (χ0v) is 14.3. The third kappa shape index (κ3) is 3.42. The molecule has 130 valence electrons. The van der Waals surface area contributed by atoms with Crippen molar-refractivity contribution in [1.29, 1.82) is 5.26 Å². The van der Waals surface area contributed by atoms with Gasteiger partial charge in [-0.15, -0.1) is 0 Å². The molecule has 0 amide bonds. The summed E-state index contributed by atoms with van der Waals surface area (Å²) in [7, 11) is 0. The zero-order valence-electron chi connectivity index (χ0n) is 14.3. The van der Waals surface area contributed by atoms with Gasteiger partial charge in [-0.1, -0.05) is 30.3 Å². The molecule has 6 heteroatoms. The maximum atomic E-state index is 12.2. The summed E-state index contributed by atoms with van der Waals surface area (Å²) in [5.74, 6) is -0.0746. The van der Waals surface area contributed by atoms with Crippen LogP contribution in [0.5, 0.6) is 0 Å². The predicted molar refractivity (Wildman–Crippen MR) is 102 cm³/mol. The Labute approximate surface area is 150 Å². The molecule has 0 aliphatic rings. The summed E-state index contributed by atoms with van der Waals surface area (Å²) in [5, 5.41) is 20.5. The summed E-state index contributed by atoms with van der Waals surface area (Å²) >= 11 is 0. The first kappa shape index (κ1) is 17.2. The highest BCUT2D eigenvalue weighted by Crippen LogP contribution is 2.19. The Morgan fingerprint density at radius 3 is 2.58 bits per heavy atom. The topological polar surface area (TPSA) is 93.0 Å². The van der Waals surface area contributed by atoms with Crippen LogP contribution in [0.2, 0.25) is 0 Å². The highest BCUT2D eigenvalue weighted by Gasteiger charge is 2.15. The van der Waals surface area contributed by atoms with E-state index in [0.29, 0.717) is 17.4 Å². The summed E-state index contributed by atoms with van der Waals surface area (Å²) in [6.07, 6.45) is 0. The van der Waals surface area contributed by atoms with E-state index < -0.39 is 0 Å². The highest BCUT2D eigenvalue weighted by molar-refractivity contribution is 5.81. The van der Waals surface area contributed by atoms with Crippen molar-refractivity contribution in [3.8, 4) is 6.07 Å². The number of fused-ring (bicyclic) bond motifs is 1. The van der Waals surface area contributed by atoms with Gasteiger partial charge in [-0.3, -0.25) is 4.79 Å². The molecule has 0 aliphatic carbocycles. The molecule has 0 saturated heterocycles. The van der Waals surface area contributed by atoms with E-state index in [9.17, 15) is 15.2 Å². The maximum Gasteiger partial charge on any atom is 0.259 e. The molecule has 0 spiro atoms. The second-order valence-electron chi connectivity index (χ2n) is 5.71. The molecule has 0 saturated carbocycles. The number of rotatable bonds is 5. The van der Waals surface area contributed by atoms with Gasteiger partial charge in [-0.05, 0) is 31.2 Å². The van der Waals surface area contributed by atoms with E-state index in [2.05, 4.69) is 9.97 Å². The second kappa shape index (κ2) is 7.53. The Kier molecular flexibility index (Phi) is 4.99. The normalized spacial score (nSPS) is 11.7. The Hall–Kier alpha value is -3.59. The Bertz CT molecular complexity index is 1050. The number of anilines is 1. The molecule has 0 radical (unpaired) electrons. The van der Waals surface area contributed by atoms with E-state index in [1.807, 2.05) is 48.2 Å². The largest absolute Gasteiger partial charge is 0.509 e. The van der Waals surface area contributed by atoms with Gasteiger partial charge in [0.15, 0.2) is 5.82 Å². The summed E-state index contributed by atoms with van der Waals surface area (Å²) in [5.41, 5.74) is 1.02. The first-order chi connectivity index (χ1) is 12.6. The van der Waals surface area contributed by atoms with E-state index in [0.717, 1.165) is 5.69 Å². The molecule has 2 N–H and O–H groups in total. The number of nitrogens with zero attached hydrogens (tertiary/aromatic N) is 3. The van der Waals surface area contributed by atoms with Crippen LogP contribution in [0, 0.1) is 11.3 Å². The lowest BCUT2D eigenvalue weighted by Crippen LogP contribution is -2.26. The first-order valence-electron chi connectivity index (χ1n) is 8.25. The monoisotopic (exact) mass is 346 g/mol.